The molecule has 236 valence electrons. The zero-order valence-corrected chi connectivity index (χ0v) is 25.3. The first kappa shape index (κ1) is 29.4. The van der Waals surface area contributed by atoms with Gasteiger partial charge in [0.05, 0.1) is 47.6 Å². The zero-order valence-electron chi connectivity index (χ0n) is 24.4. The normalized spacial score (nSPS) is 22.9. The van der Waals surface area contributed by atoms with Crippen molar-refractivity contribution in [1.29, 1.82) is 0 Å². The predicted molar refractivity (Wildman–Crippen MR) is 163 cm³/mol. The first-order valence-electron chi connectivity index (χ1n) is 14.8. The number of aliphatic hydroxyl groups is 1. The van der Waals surface area contributed by atoms with Crippen LogP contribution < -0.4 is 15.5 Å². The van der Waals surface area contributed by atoms with Gasteiger partial charge in [-0.05, 0) is 63.6 Å². The van der Waals surface area contributed by atoms with E-state index in [0.29, 0.717) is 65.8 Å². The van der Waals surface area contributed by atoms with Crippen LogP contribution in [0.4, 0.5) is 31.9 Å². The number of halogens is 2. The maximum atomic E-state index is 13.4. The van der Waals surface area contributed by atoms with Gasteiger partial charge in [-0.25, -0.2) is 32.2 Å². The summed E-state index contributed by atoms with van der Waals surface area (Å²) in [5.74, 6) is -1.11. The Bertz CT molecular complexity index is 1810. The van der Waals surface area contributed by atoms with Crippen LogP contribution in [0.25, 0.3) is 22.6 Å². The minimum absolute atomic E-state index is 0.101. The molecule has 3 fully saturated rings. The number of rotatable bonds is 9. The average molecular weight is 639 g/mol. The van der Waals surface area contributed by atoms with Crippen LogP contribution in [0, 0.1) is 0 Å². The summed E-state index contributed by atoms with van der Waals surface area (Å²) in [4.78, 5) is 14.9. The quantitative estimate of drug-likeness (QED) is 0.243. The molecule has 2 aliphatic carbocycles. The second kappa shape index (κ2) is 10.9. The predicted octanol–water partition coefficient (Wildman–Crippen LogP) is 3.84. The van der Waals surface area contributed by atoms with E-state index in [0.717, 1.165) is 22.6 Å². The highest BCUT2D eigenvalue weighted by atomic mass is 32.2. The van der Waals surface area contributed by atoms with Crippen molar-refractivity contribution in [1.82, 2.24) is 34.3 Å². The van der Waals surface area contributed by atoms with Crippen LogP contribution in [0.3, 0.4) is 0 Å². The first-order chi connectivity index (χ1) is 21.4. The van der Waals surface area contributed by atoms with Crippen molar-refractivity contribution < 1.29 is 22.3 Å². The van der Waals surface area contributed by atoms with E-state index in [-0.39, 0.29) is 19.1 Å². The third-order valence-corrected chi connectivity index (χ3v) is 10.4. The monoisotopic (exact) mass is 638 g/mol. The van der Waals surface area contributed by atoms with Crippen molar-refractivity contribution in [3.8, 4) is 22.6 Å². The first-order valence-corrected chi connectivity index (χ1v) is 16.3. The minimum Gasteiger partial charge on any atom is -0.390 e. The SMILES string of the molecule is CC1(O)CCC(Nc2cc(Nc3ccnc(-c4cnn(S(=O)(=O)C5CC5)c4)n3)ncc2-c2ccc(N3CC(F)(F)C3)nn2)CC1. The lowest BCUT2D eigenvalue weighted by Gasteiger charge is -2.39. The number of nitrogens with one attached hydrogen (secondary N) is 2. The highest BCUT2D eigenvalue weighted by Crippen LogP contribution is 2.36. The van der Waals surface area contributed by atoms with E-state index in [4.69, 9.17) is 0 Å². The molecule has 0 atom stereocenters. The molecule has 3 aliphatic rings. The number of nitrogens with zero attached hydrogens (tertiary/aromatic N) is 8. The molecule has 4 aromatic rings. The Hall–Kier alpha value is -4.31. The molecule has 16 heteroatoms. The summed E-state index contributed by atoms with van der Waals surface area (Å²) >= 11 is 0. The molecule has 0 amide bonds. The van der Waals surface area contributed by atoms with Crippen LogP contribution in [-0.2, 0) is 10.0 Å². The van der Waals surface area contributed by atoms with Gasteiger partial charge in [0.25, 0.3) is 15.9 Å². The van der Waals surface area contributed by atoms with Crippen molar-refractivity contribution in [3.05, 3.63) is 49.1 Å². The molecule has 2 saturated carbocycles. The number of hydrogen-bond acceptors (Lipinski definition) is 12. The Morgan fingerprint density at radius 1 is 1.00 bits per heavy atom. The van der Waals surface area contributed by atoms with Gasteiger partial charge in [0, 0.05) is 35.8 Å². The molecule has 0 bridgehead atoms. The Balaban J connectivity index is 1.13. The molecule has 1 aliphatic heterocycles. The van der Waals surface area contributed by atoms with Crippen molar-refractivity contribution in [3.63, 3.8) is 0 Å². The van der Waals surface area contributed by atoms with Gasteiger partial charge in [0.1, 0.15) is 11.6 Å². The summed E-state index contributed by atoms with van der Waals surface area (Å²) < 4.78 is 52.8. The minimum atomic E-state index is -3.51. The Labute approximate surface area is 258 Å². The summed E-state index contributed by atoms with van der Waals surface area (Å²) in [5, 5.41) is 29.4. The number of pyridine rings is 1. The second-order valence-corrected chi connectivity index (χ2v) is 14.3. The molecule has 7 rings (SSSR count). The molecule has 0 unspecified atom stereocenters. The van der Waals surface area contributed by atoms with Gasteiger partial charge < -0.3 is 20.6 Å². The Morgan fingerprint density at radius 2 is 1.78 bits per heavy atom. The lowest BCUT2D eigenvalue weighted by Crippen LogP contribution is -2.56. The van der Waals surface area contributed by atoms with Crippen LogP contribution in [-0.4, -0.2) is 83.8 Å². The standard InChI is InChI=1S/C29H32F2N10O3S/c1-28(42)9-6-19(7-10-28)35-23-12-25(33-14-21(23)22-4-5-26(39-38-22)40-16-29(30,31)17-40)36-24-8-11-32-27(37-24)18-13-34-41(15-18)45(43,44)20-2-3-20/h4-5,8,11-15,19-20,42H,2-3,6-7,9-10,16-17H2,1H3,(H2,32,33,35,36,37). The third kappa shape index (κ3) is 6.29. The van der Waals surface area contributed by atoms with E-state index in [1.807, 2.05) is 13.0 Å². The Kier molecular flexibility index (Phi) is 7.15. The van der Waals surface area contributed by atoms with Gasteiger partial charge in [-0.3, -0.25) is 0 Å². The van der Waals surface area contributed by atoms with Gasteiger partial charge >= 0.3 is 0 Å². The molecule has 1 saturated heterocycles. The summed E-state index contributed by atoms with van der Waals surface area (Å²) in [6.07, 6.45) is 10.2. The van der Waals surface area contributed by atoms with Gasteiger partial charge in [-0.2, -0.15) is 9.19 Å². The molecular formula is C29H32F2N10O3S. The lowest BCUT2D eigenvalue weighted by molar-refractivity contribution is -0.0267. The summed E-state index contributed by atoms with van der Waals surface area (Å²) in [6.45, 7) is 1.09. The molecule has 4 aromatic heterocycles. The fourth-order valence-corrected chi connectivity index (χ4v) is 7.02. The van der Waals surface area contributed by atoms with Crippen LogP contribution >= 0.6 is 0 Å². The van der Waals surface area contributed by atoms with Gasteiger partial charge in [0.15, 0.2) is 11.6 Å². The molecule has 13 nitrogen and oxygen atoms in total. The summed E-state index contributed by atoms with van der Waals surface area (Å²) in [7, 11) is -3.51. The Morgan fingerprint density at radius 3 is 2.47 bits per heavy atom. The number of aromatic nitrogens is 7. The largest absolute Gasteiger partial charge is 0.390 e. The van der Waals surface area contributed by atoms with Crippen molar-refractivity contribution >= 4 is 33.2 Å². The lowest BCUT2D eigenvalue weighted by atomic mass is 9.83. The highest BCUT2D eigenvalue weighted by Gasteiger charge is 2.44. The van der Waals surface area contributed by atoms with E-state index >= 15 is 0 Å². The van der Waals surface area contributed by atoms with Crippen LogP contribution in [0.15, 0.2) is 49.1 Å². The van der Waals surface area contributed by atoms with Crippen LogP contribution in [0.5, 0.6) is 0 Å². The van der Waals surface area contributed by atoms with Crippen molar-refractivity contribution in [2.24, 2.45) is 0 Å². The van der Waals surface area contributed by atoms with E-state index < -0.39 is 26.8 Å². The molecule has 0 radical (unpaired) electrons. The molecule has 5 heterocycles. The highest BCUT2D eigenvalue weighted by molar-refractivity contribution is 7.90. The van der Waals surface area contributed by atoms with Crippen molar-refractivity contribution in [2.75, 3.05) is 28.6 Å². The number of anilines is 4. The van der Waals surface area contributed by atoms with E-state index in [1.165, 1.54) is 17.3 Å². The van der Waals surface area contributed by atoms with Crippen LogP contribution in [0.2, 0.25) is 0 Å². The van der Waals surface area contributed by atoms with Gasteiger partial charge in [-0.1, -0.05) is 0 Å². The number of alkyl halides is 2. The fraction of sp³-hybridized carbons (Fsp3) is 0.448. The smallest absolute Gasteiger partial charge is 0.282 e. The molecule has 0 spiro atoms. The van der Waals surface area contributed by atoms with E-state index in [2.05, 4.69) is 40.9 Å². The second-order valence-electron chi connectivity index (χ2n) is 12.3. The van der Waals surface area contributed by atoms with Gasteiger partial charge in [-0.15, -0.1) is 10.2 Å². The molecule has 0 aromatic carbocycles. The molecule has 45 heavy (non-hydrogen) atoms. The maximum Gasteiger partial charge on any atom is 0.282 e. The zero-order chi connectivity index (χ0) is 31.4. The van der Waals surface area contributed by atoms with E-state index in [9.17, 15) is 22.3 Å². The molecule has 3 N–H and O–H groups in total. The number of hydrogen-bond donors (Lipinski definition) is 3. The van der Waals surface area contributed by atoms with Crippen LogP contribution in [0.1, 0.15) is 45.4 Å². The summed E-state index contributed by atoms with van der Waals surface area (Å²) in [6, 6.07) is 7.01. The third-order valence-electron chi connectivity index (χ3n) is 8.36. The molecular weight excluding hydrogens is 606 g/mol. The van der Waals surface area contributed by atoms with E-state index in [1.54, 1.807) is 30.6 Å². The average Bonchev–Trinajstić information content (AvgIpc) is 3.74. The summed E-state index contributed by atoms with van der Waals surface area (Å²) in [5.41, 5.74) is 1.71. The fourth-order valence-electron chi connectivity index (χ4n) is 5.54. The maximum absolute atomic E-state index is 13.4. The topological polar surface area (TPSA) is 164 Å². The van der Waals surface area contributed by atoms with Crippen molar-refractivity contribution in [2.45, 2.75) is 68.3 Å². The van der Waals surface area contributed by atoms with Gasteiger partial charge in [0.2, 0.25) is 0 Å².